The zero-order valence-corrected chi connectivity index (χ0v) is 10.9. The zero-order chi connectivity index (χ0) is 13.0. The van der Waals surface area contributed by atoms with Gasteiger partial charge in [0.05, 0.1) is 12.7 Å². The van der Waals surface area contributed by atoms with Crippen molar-refractivity contribution in [2.24, 2.45) is 11.7 Å². The first-order valence-electron chi connectivity index (χ1n) is 6.56. The van der Waals surface area contributed by atoms with Crippen molar-refractivity contribution in [3.8, 4) is 0 Å². The zero-order valence-electron chi connectivity index (χ0n) is 10.9. The molecule has 0 amide bonds. The Hall–Kier alpha value is -1.42. The normalized spacial score (nSPS) is 23.8. The summed E-state index contributed by atoms with van der Waals surface area (Å²) in [7, 11) is 0. The summed E-state index contributed by atoms with van der Waals surface area (Å²) in [6, 6.07) is 3.78. The van der Waals surface area contributed by atoms with E-state index >= 15 is 0 Å². The van der Waals surface area contributed by atoms with Crippen molar-refractivity contribution in [2.75, 3.05) is 0 Å². The molecule has 2 unspecified atom stereocenters. The van der Waals surface area contributed by atoms with Gasteiger partial charge in [0.25, 0.3) is 0 Å². The van der Waals surface area contributed by atoms with E-state index in [0.717, 1.165) is 24.3 Å². The van der Waals surface area contributed by atoms with E-state index in [1.165, 1.54) is 12.8 Å². The Labute approximate surface area is 108 Å². The van der Waals surface area contributed by atoms with Gasteiger partial charge in [0.2, 0.25) is 0 Å². The Morgan fingerprint density at radius 1 is 1.56 bits per heavy atom. The van der Waals surface area contributed by atoms with Crippen molar-refractivity contribution >= 4 is 5.84 Å². The minimum absolute atomic E-state index is 0.00575. The number of nitrogens with zero attached hydrogens (tertiary/aromatic N) is 1. The fourth-order valence-corrected chi connectivity index (χ4v) is 2.54. The van der Waals surface area contributed by atoms with Crippen LogP contribution in [0, 0.1) is 11.3 Å². The molecule has 2 rings (SSSR count). The molecule has 1 saturated carbocycles. The van der Waals surface area contributed by atoms with E-state index in [-0.39, 0.29) is 5.84 Å². The molecule has 1 aromatic rings. The van der Waals surface area contributed by atoms with Crippen LogP contribution in [0.5, 0.6) is 0 Å². The average molecular weight is 247 g/mol. The first-order valence-corrected chi connectivity index (χ1v) is 6.56. The molecule has 1 aliphatic carbocycles. The second-order valence-electron chi connectivity index (χ2n) is 5.13. The molecule has 1 heterocycles. The van der Waals surface area contributed by atoms with Gasteiger partial charge in [0, 0.05) is 11.8 Å². The molecule has 4 heteroatoms. The van der Waals surface area contributed by atoms with Gasteiger partial charge in [-0.1, -0.05) is 25.8 Å². The first-order chi connectivity index (χ1) is 8.66. The predicted octanol–water partition coefficient (Wildman–Crippen LogP) is 2.46. The van der Waals surface area contributed by atoms with Gasteiger partial charge in [-0.2, -0.15) is 0 Å². The molecule has 1 fully saturated rings. The molecule has 18 heavy (non-hydrogen) atoms. The molecule has 0 spiro atoms. The third-order valence-corrected chi connectivity index (χ3v) is 3.51. The highest BCUT2D eigenvalue weighted by Crippen LogP contribution is 2.26. The third kappa shape index (κ3) is 3.29. The molecular formula is C14H21N3O. The maximum Gasteiger partial charge on any atom is 0.142 e. The number of nitrogens with two attached hydrogens (primary N) is 1. The summed E-state index contributed by atoms with van der Waals surface area (Å²) in [6.45, 7) is 2.78. The molecule has 0 saturated heterocycles. The maximum absolute atomic E-state index is 7.49. The quantitative estimate of drug-likeness (QED) is 0.634. The fourth-order valence-electron chi connectivity index (χ4n) is 2.54. The predicted molar refractivity (Wildman–Crippen MR) is 71.5 cm³/mol. The van der Waals surface area contributed by atoms with Crippen molar-refractivity contribution in [1.82, 2.24) is 4.98 Å². The molecule has 0 radical (unpaired) electrons. The Morgan fingerprint density at radius 3 is 3.11 bits per heavy atom. The highest BCUT2D eigenvalue weighted by Gasteiger charge is 2.19. The fraction of sp³-hybridized carbons (Fsp3) is 0.571. The van der Waals surface area contributed by atoms with E-state index in [0.29, 0.717) is 18.4 Å². The lowest BCUT2D eigenvalue weighted by Crippen LogP contribution is -2.22. The second-order valence-corrected chi connectivity index (χ2v) is 5.13. The Kier molecular flexibility index (Phi) is 4.31. The van der Waals surface area contributed by atoms with Crippen LogP contribution in [0.3, 0.4) is 0 Å². The van der Waals surface area contributed by atoms with Gasteiger partial charge in [-0.25, -0.2) is 0 Å². The monoisotopic (exact) mass is 247 g/mol. The van der Waals surface area contributed by atoms with Crippen LogP contribution in [0.25, 0.3) is 0 Å². The Morgan fingerprint density at radius 2 is 2.39 bits per heavy atom. The standard InChI is InChI=1S/C14H21N3O/c1-10-4-2-6-12(8-10)18-9-11-5-3-7-17-13(11)14(15)16/h3,5,7,10,12H,2,4,6,8-9H2,1H3,(H3,15,16). The van der Waals surface area contributed by atoms with Crippen LogP contribution in [-0.4, -0.2) is 16.9 Å². The van der Waals surface area contributed by atoms with Gasteiger partial charge in [-0.15, -0.1) is 0 Å². The van der Waals surface area contributed by atoms with Crippen molar-refractivity contribution < 1.29 is 4.74 Å². The van der Waals surface area contributed by atoms with Crippen LogP contribution in [0.15, 0.2) is 18.3 Å². The van der Waals surface area contributed by atoms with Crippen molar-refractivity contribution in [1.29, 1.82) is 5.41 Å². The number of amidine groups is 1. The van der Waals surface area contributed by atoms with Gasteiger partial charge >= 0.3 is 0 Å². The molecule has 2 atom stereocenters. The highest BCUT2D eigenvalue weighted by atomic mass is 16.5. The molecular weight excluding hydrogens is 226 g/mol. The highest BCUT2D eigenvalue weighted by molar-refractivity contribution is 5.94. The number of hydrogen-bond acceptors (Lipinski definition) is 3. The summed E-state index contributed by atoms with van der Waals surface area (Å²) in [4.78, 5) is 4.13. The second kappa shape index (κ2) is 5.96. The minimum Gasteiger partial charge on any atom is -0.382 e. The number of nitrogen functional groups attached to an aromatic ring is 1. The van der Waals surface area contributed by atoms with E-state index < -0.39 is 0 Å². The molecule has 0 aromatic carbocycles. The summed E-state index contributed by atoms with van der Waals surface area (Å²) < 4.78 is 5.94. The van der Waals surface area contributed by atoms with Crippen molar-refractivity contribution in [3.63, 3.8) is 0 Å². The van der Waals surface area contributed by atoms with Crippen molar-refractivity contribution in [3.05, 3.63) is 29.6 Å². The van der Waals surface area contributed by atoms with Crippen LogP contribution in [0.1, 0.15) is 43.9 Å². The number of nitrogens with one attached hydrogen (secondary N) is 1. The summed E-state index contributed by atoms with van der Waals surface area (Å²) in [5.74, 6) is 0.760. The van der Waals surface area contributed by atoms with Gasteiger partial charge in [0.1, 0.15) is 11.5 Å². The SMILES string of the molecule is CC1CCCC(OCc2cccnc2C(=N)N)C1. The summed E-state index contributed by atoms with van der Waals surface area (Å²) in [6.07, 6.45) is 6.83. The van der Waals surface area contributed by atoms with Crippen LogP contribution in [0.2, 0.25) is 0 Å². The Balaban J connectivity index is 1.95. The van der Waals surface area contributed by atoms with Crippen molar-refractivity contribution in [2.45, 2.75) is 45.3 Å². The lowest BCUT2D eigenvalue weighted by molar-refractivity contribution is 0.00450. The smallest absolute Gasteiger partial charge is 0.142 e. The van der Waals surface area contributed by atoms with Crippen LogP contribution in [-0.2, 0) is 11.3 Å². The lowest BCUT2D eigenvalue weighted by atomic mass is 9.89. The van der Waals surface area contributed by atoms with Gasteiger partial charge in [0.15, 0.2) is 0 Å². The average Bonchev–Trinajstić information content (AvgIpc) is 2.37. The number of aromatic nitrogens is 1. The number of rotatable bonds is 4. The number of hydrogen-bond donors (Lipinski definition) is 2. The van der Waals surface area contributed by atoms with Crippen LogP contribution < -0.4 is 5.73 Å². The largest absolute Gasteiger partial charge is 0.382 e. The summed E-state index contributed by atoms with van der Waals surface area (Å²) in [5.41, 5.74) is 6.96. The minimum atomic E-state index is 0.00575. The van der Waals surface area contributed by atoms with E-state index in [9.17, 15) is 0 Å². The maximum atomic E-state index is 7.49. The van der Waals surface area contributed by atoms with Crippen LogP contribution >= 0.6 is 0 Å². The Bertz CT molecular complexity index is 419. The first kappa shape index (κ1) is 13.0. The molecule has 3 N–H and O–H groups in total. The van der Waals surface area contributed by atoms with Crippen LogP contribution in [0.4, 0.5) is 0 Å². The van der Waals surface area contributed by atoms with E-state index in [4.69, 9.17) is 15.9 Å². The molecule has 1 aromatic heterocycles. The number of ether oxygens (including phenoxy) is 1. The summed E-state index contributed by atoms with van der Waals surface area (Å²) >= 11 is 0. The molecule has 98 valence electrons. The summed E-state index contributed by atoms with van der Waals surface area (Å²) in [5, 5.41) is 7.49. The van der Waals surface area contributed by atoms with Gasteiger partial charge in [-0.3, -0.25) is 10.4 Å². The third-order valence-electron chi connectivity index (χ3n) is 3.51. The van der Waals surface area contributed by atoms with E-state index in [2.05, 4.69) is 11.9 Å². The number of pyridine rings is 1. The van der Waals surface area contributed by atoms with Gasteiger partial charge in [-0.05, 0) is 24.8 Å². The van der Waals surface area contributed by atoms with Gasteiger partial charge < -0.3 is 10.5 Å². The molecule has 4 nitrogen and oxygen atoms in total. The molecule has 1 aliphatic rings. The van der Waals surface area contributed by atoms with E-state index in [1.54, 1.807) is 6.20 Å². The topological polar surface area (TPSA) is 72.0 Å². The molecule has 0 bridgehead atoms. The van der Waals surface area contributed by atoms with E-state index in [1.807, 2.05) is 12.1 Å². The molecule has 0 aliphatic heterocycles. The lowest BCUT2D eigenvalue weighted by Gasteiger charge is -2.27.